The lowest BCUT2D eigenvalue weighted by Gasteiger charge is -2.13. The van der Waals surface area contributed by atoms with E-state index in [0.717, 1.165) is 24.3 Å². The van der Waals surface area contributed by atoms with Gasteiger partial charge in [-0.2, -0.15) is 0 Å². The third kappa shape index (κ3) is 38.3. The number of hydrogen-bond donors (Lipinski definition) is 2. The number of amides is 3. The van der Waals surface area contributed by atoms with E-state index >= 15 is 0 Å². The largest absolute Gasteiger partial charge is 0.379 e. The van der Waals surface area contributed by atoms with Crippen LogP contribution in [0.25, 0.3) is 0 Å². The van der Waals surface area contributed by atoms with E-state index in [1.54, 1.807) is 0 Å². The number of nitrogens with one attached hydrogen (secondary N) is 1. The van der Waals surface area contributed by atoms with Gasteiger partial charge in [0.2, 0.25) is 5.91 Å². The van der Waals surface area contributed by atoms with Crippen molar-refractivity contribution < 1.29 is 52.3 Å². The molecule has 3 amide bonds. The Balaban J connectivity index is -0.00000255. The van der Waals surface area contributed by atoms with Crippen LogP contribution >= 0.6 is 0 Å². The van der Waals surface area contributed by atoms with Crippen molar-refractivity contribution in [1.29, 1.82) is 0 Å². The Hall–Kier alpha value is -2.01. The predicted molar refractivity (Wildman–Crippen MR) is 182 cm³/mol. The molecule has 0 aromatic carbocycles. The number of hydrogen-bond acceptors (Lipinski definition) is 12. The molecule has 14 nitrogen and oxygen atoms in total. The maximum atomic E-state index is 11.5. The van der Waals surface area contributed by atoms with Crippen LogP contribution in [0.2, 0.25) is 0 Å². The van der Waals surface area contributed by atoms with Crippen LogP contribution in [-0.4, -0.2) is 148 Å². The van der Waals surface area contributed by atoms with Crippen molar-refractivity contribution in [3.63, 3.8) is 0 Å². The third-order valence-electron chi connectivity index (χ3n) is 5.29. The highest BCUT2D eigenvalue weighted by atomic mass is 16.6. The quantitative estimate of drug-likeness (QED) is 0.0841. The van der Waals surface area contributed by atoms with Gasteiger partial charge in [0.15, 0.2) is 0 Å². The molecule has 0 aromatic rings. The smallest absolute Gasteiger partial charge is 0.253 e. The molecular weight excluding hydrogens is 614 g/mol. The van der Waals surface area contributed by atoms with Gasteiger partial charge in [0.1, 0.15) is 0 Å². The zero-order valence-electron chi connectivity index (χ0n) is 30.2. The third-order valence-corrected chi connectivity index (χ3v) is 5.29. The van der Waals surface area contributed by atoms with E-state index in [-0.39, 0.29) is 30.9 Å². The molecule has 1 aliphatic heterocycles. The molecule has 0 unspecified atom stereocenters. The Kier molecular flexibility index (Phi) is 46.2. The Bertz CT molecular complexity index is 683. The van der Waals surface area contributed by atoms with E-state index in [1.165, 1.54) is 25.6 Å². The van der Waals surface area contributed by atoms with Gasteiger partial charge < -0.3 is 48.9 Å². The van der Waals surface area contributed by atoms with Gasteiger partial charge in [-0.15, -0.1) is 0 Å². The molecule has 0 saturated carbocycles. The fraction of sp³-hybridized carbons (Fsp3) is 0.848. The van der Waals surface area contributed by atoms with Crippen LogP contribution in [0.15, 0.2) is 12.2 Å². The number of ether oxygens (including phenoxy) is 8. The molecule has 0 radical (unpaired) electrons. The van der Waals surface area contributed by atoms with E-state index in [1.807, 2.05) is 13.8 Å². The molecule has 1 heterocycles. The summed E-state index contributed by atoms with van der Waals surface area (Å²) in [5.74, 6) is -0.593. The second-order valence-electron chi connectivity index (χ2n) is 9.22. The van der Waals surface area contributed by atoms with Crippen molar-refractivity contribution in [3.8, 4) is 0 Å². The molecule has 0 bridgehead atoms. The number of rotatable bonds is 30. The second kappa shape index (κ2) is 44.0. The summed E-state index contributed by atoms with van der Waals surface area (Å²) in [6.07, 6.45) is 6.19. The van der Waals surface area contributed by atoms with Gasteiger partial charge in [0, 0.05) is 25.1 Å². The SMILES string of the molecule is CC.CCC.CCCCNC(=O)CCOCCOCCOCCOCCOCCOCCOCCOCCN1C(=O)C=CC1=O.CN. The van der Waals surface area contributed by atoms with Crippen LogP contribution in [0.3, 0.4) is 0 Å². The maximum absolute atomic E-state index is 11.5. The van der Waals surface area contributed by atoms with Crippen molar-refractivity contribution >= 4 is 17.7 Å². The molecule has 0 aromatic heterocycles. The van der Waals surface area contributed by atoms with E-state index in [9.17, 15) is 14.4 Å². The average Bonchev–Trinajstić information content (AvgIpc) is 3.41. The Morgan fingerprint density at radius 2 is 0.894 bits per heavy atom. The number of unbranched alkanes of at least 4 members (excludes halogenated alkanes) is 1. The summed E-state index contributed by atoms with van der Waals surface area (Å²) in [6, 6.07) is 0. The Morgan fingerprint density at radius 3 is 1.21 bits per heavy atom. The zero-order valence-corrected chi connectivity index (χ0v) is 30.2. The molecule has 0 aliphatic carbocycles. The second-order valence-corrected chi connectivity index (χ2v) is 9.22. The highest BCUT2D eigenvalue weighted by molar-refractivity contribution is 6.12. The normalized spacial score (nSPS) is 11.8. The maximum Gasteiger partial charge on any atom is 0.253 e. The molecule has 14 heteroatoms. The van der Waals surface area contributed by atoms with E-state index in [2.05, 4.69) is 31.8 Å². The summed E-state index contributed by atoms with van der Waals surface area (Å²) in [5, 5.41) is 2.85. The molecule has 3 N–H and O–H groups in total. The lowest BCUT2D eigenvalue weighted by Crippen LogP contribution is -2.33. The van der Waals surface area contributed by atoms with Crippen molar-refractivity contribution in [2.24, 2.45) is 5.73 Å². The van der Waals surface area contributed by atoms with Gasteiger partial charge in [0.25, 0.3) is 11.8 Å². The highest BCUT2D eigenvalue weighted by Gasteiger charge is 2.22. The fourth-order valence-corrected chi connectivity index (χ4v) is 3.11. The zero-order chi connectivity index (χ0) is 35.6. The molecular formula is C33H67N3O11. The number of carbonyl (C=O) groups is 3. The van der Waals surface area contributed by atoms with Gasteiger partial charge >= 0.3 is 0 Å². The first kappa shape index (κ1) is 49.4. The van der Waals surface area contributed by atoms with Crippen molar-refractivity contribution in [2.45, 2.75) is 60.3 Å². The highest BCUT2D eigenvalue weighted by Crippen LogP contribution is 2.02. The topological polar surface area (TPSA) is 166 Å². The predicted octanol–water partition coefficient (Wildman–Crippen LogP) is 2.37. The molecule has 0 atom stereocenters. The summed E-state index contributed by atoms with van der Waals surface area (Å²) in [5.41, 5.74) is 4.50. The minimum Gasteiger partial charge on any atom is -0.379 e. The summed E-state index contributed by atoms with van der Waals surface area (Å²) >= 11 is 0. The van der Waals surface area contributed by atoms with Gasteiger partial charge in [-0.25, -0.2) is 0 Å². The van der Waals surface area contributed by atoms with Crippen LogP contribution in [0.5, 0.6) is 0 Å². The van der Waals surface area contributed by atoms with Crippen LogP contribution < -0.4 is 11.1 Å². The van der Waals surface area contributed by atoms with Gasteiger partial charge in [-0.1, -0.05) is 47.5 Å². The number of nitrogens with zero attached hydrogens (tertiary/aromatic N) is 1. The van der Waals surface area contributed by atoms with E-state index in [0.29, 0.717) is 106 Å². The van der Waals surface area contributed by atoms with E-state index in [4.69, 9.17) is 37.9 Å². The minimum atomic E-state index is -0.307. The molecule has 0 saturated heterocycles. The lowest BCUT2D eigenvalue weighted by atomic mass is 10.3. The molecule has 1 rings (SSSR count). The molecule has 1 aliphatic rings. The van der Waals surface area contributed by atoms with Crippen molar-refractivity contribution in [3.05, 3.63) is 12.2 Å². The van der Waals surface area contributed by atoms with E-state index < -0.39 is 0 Å². The van der Waals surface area contributed by atoms with Crippen molar-refractivity contribution in [2.75, 3.05) is 126 Å². The van der Waals surface area contributed by atoms with Gasteiger partial charge in [-0.05, 0) is 13.5 Å². The number of imide groups is 1. The first-order valence-electron chi connectivity index (χ1n) is 17.1. The minimum absolute atomic E-state index is 0.0214. The first-order chi connectivity index (χ1) is 23.1. The van der Waals surface area contributed by atoms with Crippen LogP contribution in [-0.2, 0) is 52.3 Å². The molecule has 47 heavy (non-hydrogen) atoms. The molecule has 0 fully saturated rings. The average molecular weight is 682 g/mol. The monoisotopic (exact) mass is 681 g/mol. The first-order valence-corrected chi connectivity index (χ1v) is 17.1. The van der Waals surface area contributed by atoms with Crippen molar-refractivity contribution in [1.82, 2.24) is 10.2 Å². The Labute approximate surface area is 284 Å². The van der Waals surface area contributed by atoms with Crippen LogP contribution in [0.1, 0.15) is 60.3 Å². The number of carbonyl (C=O) groups excluding carboxylic acids is 3. The summed E-state index contributed by atoms with van der Waals surface area (Å²) in [6.45, 7) is 18.4. The standard InChI is InChI=1S/C27H48N2O11.C3H8.C2H6.CH5N/c1-2-3-7-28-25(30)6-9-33-11-13-35-15-17-37-19-21-39-23-24-40-22-20-38-18-16-36-14-12-34-10-8-29-26(31)4-5-27(29)32;1-3-2;2*1-2/h4-5H,2-3,6-24H2,1H3,(H,28,30);3H2,1-2H3;1-2H3;2H2,1H3. The van der Waals surface area contributed by atoms with Crippen LogP contribution in [0, 0.1) is 0 Å². The Morgan fingerprint density at radius 1 is 0.596 bits per heavy atom. The summed E-state index contributed by atoms with van der Waals surface area (Å²) < 4.78 is 43.3. The van der Waals surface area contributed by atoms with Gasteiger partial charge in [-0.3, -0.25) is 19.3 Å². The van der Waals surface area contributed by atoms with Crippen LogP contribution in [0.4, 0.5) is 0 Å². The van der Waals surface area contributed by atoms with Gasteiger partial charge in [0.05, 0.1) is 112 Å². The number of nitrogens with two attached hydrogens (primary N) is 1. The summed E-state index contributed by atoms with van der Waals surface area (Å²) in [7, 11) is 1.50. The summed E-state index contributed by atoms with van der Waals surface area (Å²) in [4.78, 5) is 35.4. The molecule has 280 valence electrons. The fourth-order valence-electron chi connectivity index (χ4n) is 3.11. The lowest BCUT2D eigenvalue weighted by molar-refractivity contribution is -0.137. The molecule has 0 spiro atoms.